The van der Waals surface area contributed by atoms with Crippen LogP contribution in [0.5, 0.6) is 5.75 Å². The number of benzene rings is 3. The first kappa shape index (κ1) is 20.8. The van der Waals surface area contributed by atoms with E-state index < -0.39 is 0 Å². The Morgan fingerprint density at radius 2 is 1.72 bits per heavy atom. The molecule has 0 unspecified atom stereocenters. The molecule has 0 bridgehead atoms. The topological polar surface area (TPSA) is 41.6 Å². The van der Waals surface area contributed by atoms with Gasteiger partial charge in [-0.3, -0.25) is 9.69 Å². The van der Waals surface area contributed by atoms with Crippen LogP contribution in [0.3, 0.4) is 0 Å². The van der Waals surface area contributed by atoms with Gasteiger partial charge in [0.1, 0.15) is 11.6 Å². The molecule has 1 amide bonds. The summed E-state index contributed by atoms with van der Waals surface area (Å²) in [6.45, 7) is 0.996. The fraction of sp³-hybridized carbons (Fsp3) is 0.174. The van der Waals surface area contributed by atoms with Crippen LogP contribution < -0.4 is 10.1 Å². The van der Waals surface area contributed by atoms with Gasteiger partial charge in [-0.1, -0.05) is 29.8 Å². The number of rotatable bonds is 7. The van der Waals surface area contributed by atoms with Crippen molar-refractivity contribution < 1.29 is 13.9 Å². The first-order valence-electron chi connectivity index (χ1n) is 9.12. The van der Waals surface area contributed by atoms with Crippen molar-refractivity contribution in [2.24, 2.45) is 0 Å². The number of methoxy groups -OCH3 is 1. The molecule has 0 saturated heterocycles. The van der Waals surface area contributed by atoms with Gasteiger partial charge in [-0.15, -0.1) is 0 Å². The van der Waals surface area contributed by atoms with E-state index in [-0.39, 0.29) is 11.7 Å². The average Bonchev–Trinajstić information content (AvgIpc) is 2.72. The third-order valence-electron chi connectivity index (χ3n) is 4.51. The summed E-state index contributed by atoms with van der Waals surface area (Å²) in [5, 5.41) is 3.27. The lowest BCUT2D eigenvalue weighted by Gasteiger charge is -2.18. The monoisotopic (exact) mass is 412 g/mol. The molecule has 0 spiro atoms. The first-order chi connectivity index (χ1) is 14.0. The minimum Gasteiger partial charge on any atom is -0.497 e. The molecule has 0 heterocycles. The number of hydrogen-bond acceptors (Lipinski definition) is 3. The van der Waals surface area contributed by atoms with Crippen molar-refractivity contribution >= 4 is 23.2 Å². The predicted octanol–water partition coefficient (Wildman–Crippen LogP) is 5.37. The van der Waals surface area contributed by atoms with Gasteiger partial charge in [0, 0.05) is 34.9 Å². The van der Waals surface area contributed by atoms with Crippen molar-refractivity contribution in [3.05, 3.63) is 94.3 Å². The molecule has 3 aromatic carbocycles. The lowest BCUT2D eigenvalue weighted by atomic mass is 10.1. The zero-order valence-electron chi connectivity index (χ0n) is 16.3. The SMILES string of the molecule is COc1ccc(NC(=O)c2ccc(CN(C)Cc3c(F)cccc3Cl)cc2)cc1. The normalized spacial score (nSPS) is 10.8. The van der Waals surface area contributed by atoms with Crippen molar-refractivity contribution in [2.75, 3.05) is 19.5 Å². The summed E-state index contributed by atoms with van der Waals surface area (Å²) in [7, 11) is 3.49. The van der Waals surface area contributed by atoms with Gasteiger partial charge in [0.25, 0.3) is 5.91 Å². The van der Waals surface area contributed by atoms with Crippen LogP contribution in [0.4, 0.5) is 10.1 Å². The minimum absolute atomic E-state index is 0.187. The number of carbonyl (C=O) groups is 1. The van der Waals surface area contributed by atoms with Crippen LogP contribution in [-0.2, 0) is 13.1 Å². The Bertz CT molecular complexity index is 955. The molecular formula is C23H22ClFN2O2. The van der Waals surface area contributed by atoms with Crippen LogP contribution in [-0.4, -0.2) is 25.0 Å². The second kappa shape index (κ2) is 9.54. The number of halogens is 2. The van der Waals surface area contributed by atoms with E-state index in [1.807, 2.05) is 24.1 Å². The minimum atomic E-state index is -0.310. The maximum Gasteiger partial charge on any atom is 0.255 e. The van der Waals surface area contributed by atoms with E-state index in [4.69, 9.17) is 16.3 Å². The van der Waals surface area contributed by atoms with E-state index >= 15 is 0 Å². The van der Waals surface area contributed by atoms with Gasteiger partial charge >= 0.3 is 0 Å². The van der Waals surface area contributed by atoms with E-state index in [1.165, 1.54) is 6.07 Å². The van der Waals surface area contributed by atoms with Crippen molar-refractivity contribution in [3.63, 3.8) is 0 Å². The summed E-state index contributed by atoms with van der Waals surface area (Å²) in [6, 6.07) is 19.2. The molecule has 0 aliphatic rings. The maximum absolute atomic E-state index is 14.0. The Kier molecular flexibility index (Phi) is 6.86. The summed E-state index contributed by atoms with van der Waals surface area (Å²) in [6.07, 6.45) is 0. The summed E-state index contributed by atoms with van der Waals surface area (Å²) >= 11 is 6.10. The molecule has 0 radical (unpaired) electrons. The van der Waals surface area contributed by atoms with E-state index in [9.17, 15) is 9.18 Å². The molecular weight excluding hydrogens is 391 g/mol. The van der Waals surface area contributed by atoms with E-state index in [1.54, 1.807) is 55.6 Å². The van der Waals surface area contributed by atoms with Crippen LogP contribution in [0.15, 0.2) is 66.7 Å². The summed E-state index contributed by atoms with van der Waals surface area (Å²) in [4.78, 5) is 14.4. The second-order valence-electron chi connectivity index (χ2n) is 6.75. The zero-order valence-corrected chi connectivity index (χ0v) is 17.0. The highest BCUT2D eigenvalue weighted by atomic mass is 35.5. The van der Waals surface area contributed by atoms with Crippen molar-refractivity contribution in [1.29, 1.82) is 0 Å². The van der Waals surface area contributed by atoms with Crippen LogP contribution in [0, 0.1) is 5.82 Å². The van der Waals surface area contributed by atoms with Crippen LogP contribution in [0.2, 0.25) is 5.02 Å². The Hall–Kier alpha value is -2.89. The predicted molar refractivity (Wildman–Crippen MR) is 114 cm³/mol. The van der Waals surface area contributed by atoms with Crippen molar-refractivity contribution in [1.82, 2.24) is 4.90 Å². The zero-order chi connectivity index (χ0) is 20.8. The third-order valence-corrected chi connectivity index (χ3v) is 4.86. The third kappa shape index (κ3) is 5.56. The molecule has 3 aromatic rings. The number of hydrogen-bond donors (Lipinski definition) is 1. The molecule has 4 nitrogen and oxygen atoms in total. The second-order valence-corrected chi connectivity index (χ2v) is 7.16. The molecule has 0 atom stereocenters. The Balaban J connectivity index is 1.59. The summed E-state index contributed by atoms with van der Waals surface area (Å²) < 4.78 is 19.1. The van der Waals surface area contributed by atoms with Gasteiger partial charge in [0.15, 0.2) is 0 Å². The van der Waals surface area contributed by atoms with E-state index in [0.29, 0.717) is 34.9 Å². The van der Waals surface area contributed by atoms with Gasteiger partial charge in [0.05, 0.1) is 7.11 Å². The molecule has 3 rings (SSSR count). The molecule has 0 aliphatic heterocycles. The Morgan fingerprint density at radius 3 is 2.34 bits per heavy atom. The fourth-order valence-electron chi connectivity index (χ4n) is 2.96. The highest BCUT2D eigenvalue weighted by molar-refractivity contribution is 6.31. The van der Waals surface area contributed by atoms with Crippen molar-refractivity contribution in [2.45, 2.75) is 13.1 Å². The molecule has 1 N–H and O–H groups in total. The Morgan fingerprint density at radius 1 is 1.03 bits per heavy atom. The molecule has 0 fully saturated rings. The first-order valence-corrected chi connectivity index (χ1v) is 9.50. The molecule has 6 heteroatoms. The van der Waals surface area contributed by atoms with Gasteiger partial charge in [-0.2, -0.15) is 0 Å². The van der Waals surface area contributed by atoms with Gasteiger partial charge < -0.3 is 10.1 Å². The molecule has 0 saturated carbocycles. The number of ether oxygens (including phenoxy) is 1. The van der Waals surface area contributed by atoms with Crippen LogP contribution in [0.1, 0.15) is 21.5 Å². The number of carbonyl (C=O) groups excluding carboxylic acids is 1. The van der Waals surface area contributed by atoms with Gasteiger partial charge in [-0.25, -0.2) is 4.39 Å². The van der Waals surface area contributed by atoms with Gasteiger partial charge in [-0.05, 0) is 61.1 Å². The number of amides is 1. The van der Waals surface area contributed by atoms with Crippen LogP contribution >= 0.6 is 11.6 Å². The Labute approximate surface area is 174 Å². The van der Waals surface area contributed by atoms with E-state index in [0.717, 1.165) is 11.3 Å². The fourth-order valence-corrected chi connectivity index (χ4v) is 3.18. The highest BCUT2D eigenvalue weighted by Crippen LogP contribution is 2.21. The maximum atomic E-state index is 14.0. The molecule has 0 aromatic heterocycles. The summed E-state index contributed by atoms with van der Waals surface area (Å²) in [5.74, 6) is 0.233. The largest absolute Gasteiger partial charge is 0.497 e. The number of anilines is 1. The van der Waals surface area contributed by atoms with Gasteiger partial charge in [0.2, 0.25) is 0 Å². The quantitative estimate of drug-likeness (QED) is 0.567. The highest BCUT2D eigenvalue weighted by Gasteiger charge is 2.11. The molecule has 29 heavy (non-hydrogen) atoms. The summed E-state index contributed by atoms with van der Waals surface area (Å²) in [5.41, 5.74) is 2.75. The van der Waals surface area contributed by atoms with Crippen molar-refractivity contribution in [3.8, 4) is 5.75 Å². The number of nitrogens with one attached hydrogen (secondary N) is 1. The lowest BCUT2D eigenvalue weighted by molar-refractivity contribution is 0.102. The lowest BCUT2D eigenvalue weighted by Crippen LogP contribution is -2.18. The average molecular weight is 413 g/mol. The molecule has 0 aliphatic carbocycles. The smallest absolute Gasteiger partial charge is 0.255 e. The molecule has 150 valence electrons. The van der Waals surface area contributed by atoms with E-state index in [2.05, 4.69) is 5.32 Å². The van der Waals surface area contributed by atoms with Crippen LogP contribution in [0.25, 0.3) is 0 Å². The number of nitrogens with zero attached hydrogens (tertiary/aromatic N) is 1. The standard InChI is InChI=1S/C23H22ClFN2O2/c1-27(15-20-21(24)4-3-5-22(20)25)14-16-6-8-17(9-7-16)23(28)26-18-10-12-19(29-2)13-11-18/h3-13H,14-15H2,1-2H3,(H,26,28).